The van der Waals surface area contributed by atoms with Gasteiger partial charge in [-0.05, 0) is 0 Å². The molecule has 0 aromatic carbocycles. The van der Waals surface area contributed by atoms with E-state index in [4.69, 9.17) is 4.55 Å². The molecule has 1 aliphatic rings. The Morgan fingerprint density at radius 2 is 1.83 bits per heavy atom. The van der Waals surface area contributed by atoms with Crippen LogP contribution in [0.5, 0.6) is 0 Å². The van der Waals surface area contributed by atoms with E-state index in [0.717, 1.165) is 6.92 Å². The topological polar surface area (TPSA) is 163 Å². The van der Waals surface area contributed by atoms with Crippen molar-refractivity contribution < 1.29 is 42.0 Å². The van der Waals surface area contributed by atoms with Crippen molar-refractivity contribution in [1.82, 2.24) is 5.32 Å². The Bertz CT molecular complexity index is 409. The molecule has 0 aromatic rings. The lowest BCUT2D eigenvalue weighted by atomic mass is 10.0. The fraction of sp³-hybridized carbons (Fsp3) is 0.857. The highest BCUT2D eigenvalue weighted by Crippen LogP contribution is 2.21. The number of carbonyl (C=O) groups excluding carboxylic acids is 1. The Kier molecular flexibility index (Phi) is 4.61. The molecule has 11 heteroatoms. The van der Waals surface area contributed by atoms with Gasteiger partial charge in [-0.2, -0.15) is 8.42 Å². The Morgan fingerprint density at radius 3 is 2.28 bits per heavy atom. The maximum atomic E-state index is 10.8. The first kappa shape index (κ1) is 15.2. The summed E-state index contributed by atoms with van der Waals surface area (Å²) in [7, 11) is -4.94. The standard InChI is InChI=1S/C7H13NO9S/c1-2(9)8-3-4(10)5(11)7(16-6(3)12)17-18(13,14)15/h3-7,10-12H,1H3,(H,8,9)(H,13,14,15)/t3-,4-,5+,6?,7-/m1/s1. The number of amides is 1. The Labute approximate surface area is 102 Å². The predicted octanol–water partition coefficient (Wildman–Crippen LogP) is -3.29. The fourth-order valence-electron chi connectivity index (χ4n) is 1.44. The molecule has 10 nitrogen and oxygen atoms in total. The number of carbonyl (C=O) groups is 1. The SMILES string of the molecule is CC(=O)N[C@H]1C(O)O[C@H](OS(=O)(=O)O)[C@@H](O)[C@@H]1O. The molecule has 1 amide bonds. The van der Waals surface area contributed by atoms with E-state index in [1.807, 2.05) is 0 Å². The van der Waals surface area contributed by atoms with E-state index in [2.05, 4.69) is 14.2 Å². The lowest BCUT2D eigenvalue weighted by molar-refractivity contribution is -0.295. The van der Waals surface area contributed by atoms with Crippen LogP contribution in [0.1, 0.15) is 6.92 Å². The van der Waals surface area contributed by atoms with Crippen LogP contribution in [0, 0.1) is 0 Å². The van der Waals surface area contributed by atoms with Gasteiger partial charge >= 0.3 is 10.4 Å². The number of rotatable bonds is 3. The third-order valence-electron chi connectivity index (χ3n) is 2.16. The predicted molar refractivity (Wildman–Crippen MR) is 53.1 cm³/mol. The molecule has 0 aromatic heterocycles. The summed E-state index contributed by atoms with van der Waals surface area (Å²) in [6, 6.07) is -1.36. The van der Waals surface area contributed by atoms with Gasteiger partial charge in [0.2, 0.25) is 12.2 Å². The number of aliphatic hydroxyl groups is 3. The monoisotopic (exact) mass is 287 g/mol. The summed E-state index contributed by atoms with van der Waals surface area (Å²) < 4.78 is 37.7. The molecule has 18 heavy (non-hydrogen) atoms. The van der Waals surface area contributed by atoms with Gasteiger partial charge in [0.1, 0.15) is 18.2 Å². The quantitative estimate of drug-likeness (QED) is 0.335. The Hall–Kier alpha value is -0.820. The molecule has 1 unspecified atom stereocenters. The van der Waals surface area contributed by atoms with Gasteiger partial charge in [-0.3, -0.25) is 9.35 Å². The average Bonchev–Trinajstić information content (AvgIpc) is 2.18. The van der Waals surface area contributed by atoms with Crippen LogP contribution in [0.2, 0.25) is 0 Å². The third-order valence-corrected chi connectivity index (χ3v) is 2.60. The highest BCUT2D eigenvalue weighted by molar-refractivity contribution is 7.80. The van der Waals surface area contributed by atoms with Crippen LogP contribution < -0.4 is 5.32 Å². The van der Waals surface area contributed by atoms with E-state index in [1.54, 1.807) is 0 Å². The molecular weight excluding hydrogens is 274 g/mol. The minimum Gasteiger partial charge on any atom is -0.388 e. The van der Waals surface area contributed by atoms with E-state index >= 15 is 0 Å². The number of nitrogens with one attached hydrogen (secondary N) is 1. The summed E-state index contributed by atoms with van der Waals surface area (Å²) in [4.78, 5) is 10.8. The van der Waals surface area contributed by atoms with E-state index in [9.17, 15) is 28.5 Å². The van der Waals surface area contributed by atoms with Crippen molar-refractivity contribution in [3.8, 4) is 0 Å². The van der Waals surface area contributed by atoms with Gasteiger partial charge in [-0.25, -0.2) is 4.18 Å². The zero-order chi connectivity index (χ0) is 14.1. The maximum Gasteiger partial charge on any atom is 0.399 e. The smallest absolute Gasteiger partial charge is 0.388 e. The summed E-state index contributed by atoms with van der Waals surface area (Å²) in [6.45, 7) is 1.10. The lowest BCUT2D eigenvalue weighted by Crippen LogP contribution is -2.63. The summed E-state index contributed by atoms with van der Waals surface area (Å²) in [6.07, 6.45) is -7.45. The first-order valence-electron chi connectivity index (χ1n) is 4.74. The molecule has 0 saturated carbocycles. The van der Waals surface area contributed by atoms with Crippen molar-refractivity contribution in [2.45, 2.75) is 37.8 Å². The summed E-state index contributed by atoms with van der Waals surface area (Å²) >= 11 is 0. The van der Waals surface area contributed by atoms with Gasteiger partial charge in [0, 0.05) is 6.92 Å². The molecular formula is C7H13NO9S. The van der Waals surface area contributed by atoms with Crippen LogP contribution in [0.15, 0.2) is 0 Å². The first-order valence-corrected chi connectivity index (χ1v) is 6.11. The molecule has 1 rings (SSSR count). The summed E-state index contributed by atoms with van der Waals surface area (Å²) in [5.41, 5.74) is 0. The second kappa shape index (κ2) is 5.44. The van der Waals surface area contributed by atoms with Crippen molar-refractivity contribution in [3.63, 3.8) is 0 Å². The highest BCUT2D eigenvalue weighted by Gasteiger charge is 2.46. The molecule has 5 atom stereocenters. The van der Waals surface area contributed by atoms with Crippen LogP contribution in [0.3, 0.4) is 0 Å². The van der Waals surface area contributed by atoms with Crippen molar-refractivity contribution in [3.05, 3.63) is 0 Å². The van der Waals surface area contributed by atoms with E-state index in [1.165, 1.54) is 0 Å². The third kappa shape index (κ3) is 3.84. The van der Waals surface area contributed by atoms with Gasteiger partial charge in [0.25, 0.3) is 0 Å². The molecule has 1 fully saturated rings. The van der Waals surface area contributed by atoms with E-state index < -0.39 is 47.1 Å². The number of hydrogen-bond donors (Lipinski definition) is 5. The van der Waals surface area contributed by atoms with Crippen LogP contribution in [0.4, 0.5) is 0 Å². The van der Waals surface area contributed by atoms with Crippen molar-refractivity contribution in [1.29, 1.82) is 0 Å². The highest BCUT2D eigenvalue weighted by atomic mass is 32.3. The molecule has 0 spiro atoms. The van der Waals surface area contributed by atoms with E-state index in [-0.39, 0.29) is 0 Å². The zero-order valence-electron chi connectivity index (χ0n) is 9.13. The minimum atomic E-state index is -4.94. The maximum absolute atomic E-state index is 10.8. The lowest BCUT2D eigenvalue weighted by Gasteiger charge is -2.39. The molecule has 0 bridgehead atoms. The molecule has 5 N–H and O–H groups in total. The van der Waals surface area contributed by atoms with Crippen molar-refractivity contribution in [2.24, 2.45) is 0 Å². The van der Waals surface area contributed by atoms with E-state index in [0.29, 0.717) is 0 Å². The normalized spacial score (nSPS) is 37.3. The Morgan fingerprint density at radius 1 is 1.28 bits per heavy atom. The molecule has 0 aliphatic carbocycles. The fourth-order valence-corrected chi connectivity index (χ4v) is 1.83. The van der Waals surface area contributed by atoms with Crippen LogP contribution in [-0.2, 0) is 24.1 Å². The van der Waals surface area contributed by atoms with Gasteiger partial charge < -0.3 is 25.4 Å². The summed E-state index contributed by atoms with van der Waals surface area (Å²) in [5.74, 6) is -0.608. The van der Waals surface area contributed by atoms with Gasteiger partial charge in [0.15, 0.2) is 6.29 Å². The molecule has 1 saturated heterocycles. The zero-order valence-corrected chi connectivity index (χ0v) is 9.94. The average molecular weight is 287 g/mol. The van der Waals surface area contributed by atoms with Crippen molar-refractivity contribution >= 4 is 16.3 Å². The van der Waals surface area contributed by atoms with Gasteiger partial charge in [-0.1, -0.05) is 0 Å². The number of hydrogen-bond acceptors (Lipinski definition) is 8. The first-order chi connectivity index (χ1) is 8.11. The minimum absolute atomic E-state index is 0.608. The van der Waals surface area contributed by atoms with Crippen LogP contribution >= 0.6 is 0 Å². The largest absolute Gasteiger partial charge is 0.399 e. The summed E-state index contributed by atoms with van der Waals surface area (Å²) in [5, 5.41) is 30.5. The Balaban J connectivity index is 2.79. The van der Waals surface area contributed by atoms with Gasteiger partial charge in [0.05, 0.1) is 0 Å². The second-order valence-corrected chi connectivity index (χ2v) is 4.67. The molecule has 106 valence electrons. The number of aliphatic hydroxyl groups excluding tert-OH is 3. The van der Waals surface area contributed by atoms with Crippen LogP contribution in [0.25, 0.3) is 0 Å². The molecule has 1 heterocycles. The molecule has 0 radical (unpaired) electrons. The molecule has 1 aliphatic heterocycles. The van der Waals surface area contributed by atoms with Crippen LogP contribution in [-0.4, -0.2) is 65.0 Å². The van der Waals surface area contributed by atoms with Crippen molar-refractivity contribution in [2.75, 3.05) is 0 Å². The second-order valence-electron chi connectivity index (χ2n) is 3.63. The van der Waals surface area contributed by atoms with Gasteiger partial charge in [-0.15, -0.1) is 0 Å². The number of ether oxygens (including phenoxy) is 1.